The lowest BCUT2D eigenvalue weighted by Crippen LogP contribution is -2.34. The van der Waals surface area contributed by atoms with Crippen LogP contribution in [0.4, 0.5) is 0 Å². The van der Waals surface area contributed by atoms with Gasteiger partial charge in [0.25, 0.3) is 0 Å². The summed E-state index contributed by atoms with van der Waals surface area (Å²) in [5.41, 5.74) is 1.40. The Morgan fingerprint density at radius 3 is 2.68 bits per heavy atom. The Hall–Kier alpha value is -0.380. The lowest BCUT2D eigenvalue weighted by Gasteiger charge is -2.28. The Morgan fingerprint density at radius 1 is 1.21 bits per heavy atom. The molecule has 2 nitrogen and oxygen atoms in total. The van der Waals surface area contributed by atoms with Crippen molar-refractivity contribution in [3.05, 3.63) is 34.3 Å². The van der Waals surface area contributed by atoms with E-state index in [1.165, 1.54) is 42.3 Å². The molecule has 19 heavy (non-hydrogen) atoms. The highest BCUT2D eigenvalue weighted by atomic mass is 79.9. The summed E-state index contributed by atoms with van der Waals surface area (Å²) in [5.74, 6) is 0.882. The van der Waals surface area contributed by atoms with Crippen molar-refractivity contribution in [1.82, 2.24) is 10.6 Å². The number of hydrogen-bond acceptors (Lipinski definition) is 2. The third kappa shape index (κ3) is 5.25. The molecule has 1 aromatic carbocycles. The summed E-state index contributed by atoms with van der Waals surface area (Å²) in [6.45, 7) is 2.27. The van der Waals surface area contributed by atoms with Crippen LogP contribution in [0.5, 0.6) is 0 Å². The first kappa shape index (κ1) is 15.0. The van der Waals surface area contributed by atoms with Crippen LogP contribution < -0.4 is 10.6 Å². The molecule has 2 rings (SSSR count). The minimum Gasteiger partial charge on any atom is -0.317 e. The molecule has 0 bridgehead atoms. The van der Waals surface area contributed by atoms with E-state index in [0.717, 1.165) is 24.9 Å². The van der Waals surface area contributed by atoms with Gasteiger partial charge in [0.05, 0.1) is 0 Å². The Labute approximate surface area is 125 Å². The van der Waals surface area contributed by atoms with Gasteiger partial charge in [-0.15, -0.1) is 0 Å². The van der Waals surface area contributed by atoms with E-state index in [1.54, 1.807) is 0 Å². The third-order valence-corrected chi connectivity index (χ3v) is 4.66. The van der Waals surface area contributed by atoms with E-state index in [0.29, 0.717) is 0 Å². The Bertz CT molecular complexity index is 373. The van der Waals surface area contributed by atoms with Crippen LogP contribution in [0.1, 0.15) is 31.2 Å². The van der Waals surface area contributed by atoms with E-state index in [9.17, 15) is 0 Å². The van der Waals surface area contributed by atoms with Crippen LogP contribution in [-0.4, -0.2) is 26.2 Å². The lowest BCUT2D eigenvalue weighted by molar-refractivity contribution is 0.293. The number of halogens is 1. The second-order valence-corrected chi connectivity index (χ2v) is 6.51. The number of hydrogen-bond donors (Lipinski definition) is 2. The van der Waals surface area contributed by atoms with Gasteiger partial charge in [-0.3, -0.25) is 0 Å². The molecule has 0 radical (unpaired) electrons. The van der Waals surface area contributed by atoms with E-state index in [-0.39, 0.29) is 0 Å². The summed E-state index contributed by atoms with van der Waals surface area (Å²) >= 11 is 3.52. The minimum atomic E-state index is 0.762. The van der Waals surface area contributed by atoms with Crippen molar-refractivity contribution in [1.29, 1.82) is 0 Å². The van der Waals surface area contributed by atoms with E-state index in [4.69, 9.17) is 0 Å². The maximum atomic E-state index is 3.62. The van der Waals surface area contributed by atoms with E-state index in [1.807, 2.05) is 0 Å². The zero-order valence-corrected chi connectivity index (χ0v) is 13.4. The molecule has 1 aromatic rings. The van der Waals surface area contributed by atoms with Crippen LogP contribution >= 0.6 is 15.9 Å². The van der Waals surface area contributed by atoms with Gasteiger partial charge >= 0.3 is 0 Å². The van der Waals surface area contributed by atoms with Crippen LogP contribution in [0.25, 0.3) is 0 Å². The molecule has 2 N–H and O–H groups in total. The zero-order valence-electron chi connectivity index (χ0n) is 11.8. The molecule has 0 aliphatic heterocycles. The largest absolute Gasteiger partial charge is 0.317 e. The monoisotopic (exact) mass is 324 g/mol. The molecule has 106 valence electrons. The molecule has 0 spiro atoms. The molecule has 1 aliphatic carbocycles. The summed E-state index contributed by atoms with van der Waals surface area (Å²) in [4.78, 5) is 0. The van der Waals surface area contributed by atoms with Crippen molar-refractivity contribution in [2.75, 3.05) is 20.1 Å². The second-order valence-electron chi connectivity index (χ2n) is 5.59. The fraction of sp³-hybridized carbons (Fsp3) is 0.625. The minimum absolute atomic E-state index is 0.762. The number of nitrogens with one attached hydrogen (secondary N) is 2. The zero-order chi connectivity index (χ0) is 13.5. The Kier molecular flexibility index (Phi) is 6.35. The van der Waals surface area contributed by atoms with Gasteiger partial charge in [0, 0.05) is 10.5 Å². The molecule has 3 heteroatoms. The molecule has 0 atom stereocenters. The van der Waals surface area contributed by atoms with Crippen LogP contribution in [0.3, 0.4) is 0 Å². The molecular formula is C16H25BrN2. The fourth-order valence-corrected chi connectivity index (χ4v) is 3.33. The highest BCUT2D eigenvalue weighted by Gasteiger charge is 2.19. The van der Waals surface area contributed by atoms with Crippen molar-refractivity contribution in [3.63, 3.8) is 0 Å². The average molecular weight is 325 g/mol. The summed E-state index contributed by atoms with van der Waals surface area (Å²) in [7, 11) is 2.08. The van der Waals surface area contributed by atoms with Crippen molar-refractivity contribution in [2.45, 2.75) is 38.1 Å². The first-order chi connectivity index (χ1) is 9.28. The highest BCUT2D eigenvalue weighted by Crippen LogP contribution is 2.23. The maximum Gasteiger partial charge on any atom is 0.0178 e. The van der Waals surface area contributed by atoms with Gasteiger partial charge in [-0.1, -0.05) is 28.1 Å². The van der Waals surface area contributed by atoms with Crippen molar-refractivity contribution >= 4 is 15.9 Å². The summed E-state index contributed by atoms with van der Waals surface area (Å²) in [5, 5.41) is 7.01. The lowest BCUT2D eigenvalue weighted by atomic mass is 9.86. The van der Waals surface area contributed by atoms with E-state index < -0.39 is 0 Å². The molecule has 0 amide bonds. The van der Waals surface area contributed by atoms with Crippen molar-refractivity contribution in [2.24, 2.45) is 5.92 Å². The summed E-state index contributed by atoms with van der Waals surface area (Å²) in [6, 6.07) is 9.36. The molecular weight excluding hydrogens is 300 g/mol. The van der Waals surface area contributed by atoms with E-state index in [2.05, 4.69) is 57.9 Å². The van der Waals surface area contributed by atoms with Gasteiger partial charge in [-0.2, -0.15) is 0 Å². The molecule has 0 saturated heterocycles. The van der Waals surface area contributed by atoms with Gasteiger partial charge < -0.3 is 10.6 Å². The predicted octanol–water partition coefficient (Wildman–Crippen LogP) is 3.36. The quantitative estimate of drug-likeness (QED) is 0.784. The number of rotatable bonds is 6. The maximum absolute atomic E-state index is 3.62. The molecule has 0 heterocycles. The average Bonchev–Trinajstić information content (AvgIpc) is 2.44. The van der Waals surface area contributed by atoms with Crippen molar-refractivity contribution < 1.29 is 0 Å². The van der Waals surface area contributed by atoms with Gasteiger partial charge in [0.1, 0.15) is 0 Å². The molecule has 1 fully saturated rings. The summed E-state index contributed by atoms with van der Waals surface area (Å²) in [6.07, 6.45) is 6.54. The van der Waals surface area contributed by atoms with Crippen LogP contribution in [0.2, 0.25) is 0 Å². The normalized spacial score (nSPS) is 23.5. The first-order valence-electron chi connectivity index (χ1n) is 7.40. The molecule has 1 saturated carbocycles. The number of benzene rings is 1. The molecule has 1 aliphatic rings. The van der Waals surface area contributed by atoms with Crippen LogP contribution in [0, 0.1) is 5.92 Å². The smallest absolute Gasteiger partial charge is 0.0178 e. The van der Waals surface area contributed by atoms with E-state index >= 15 is 0 Å². The fourth-order valence-electron chi connectivity index (χ4n) is 2.89. The SMILES string of the molecule is CNC1CCC(CNCCc2cccc(Br)c2)CC1. The van der Waals surface area contributed by atoms with Crippen molar-refractivity contribution in [3.8, 4) is 0 Å². The highest BCUT2D eigenvalue weighted by molar-refractivity contribution is 9.10. The van der Waals surface area contributed by atoms with Gasteiger partial charge in [0.2, 0.25) is 0 Å². The second kappa shape index (κ2) is 8.03. The standard InChI is InChI=1S/C16H25BrN2/c1-18-16-7-5-14(6-8-16)12-19-10-9-13-3-2-4-15(17)11-13/h2-4,11,14,16,18-19H,5-10,12H2,1H3. The Morgan fingerprint density at radius 2 is 2.00 bits per heavy atom. The summed E-state index contributed by atoms with van der Waals surface area (Å²) < 4.78 is 1.18. The van der Waals surface area contributed by atoms with Crippen LogP contribution in [0.15, 0.2) is 28.7 Å². The first-order valence-corrected chi connectivity index (χ1v) is 8.19. The topological polar surface area (TPSA) is 24.1 Å². The molecule has 0 unspecified atom stereocenters. The third-order valence-electron chi connectivity index (χ3n) is 4.17. The van der Waals surface area contributed by atoms with Gasteiger partial charge in [0.15, 0.2) is 0 Å². The molecule has 0 aromatic heterocycles. The Balaban J connectivity index is 1.60. The van der Waals surface area contributed by atoms with Crippen LogP contribution in [-0.2, 0) is 6.42 Å². The van der Waals surface area contributed by atoms with Gasteiger partial charge in [-0.25, -0.2) is 0 Å². The van der Waals surface area contributed by atoms with Gasteiger partial charge in [-0.05, 0) is 75.9 Å². The predicted molar refractivity (Wildman–Crippen MR) is 85.5 cm³/mol.